The molecule has 3 rings (SSSR count). The monoisotopic (exact) mass is 378 g/mol. The number of hydrogen-bond acceptors (Lipinski definition) is 5. The fourth-order valence-electron chi connectivity index (χ4n) is 2.88. The second-order valence-electron chi connectivity index (χ2n) is 6.31. The Kier molecular flexibility index (Phi) is 5.45. The predicted molar refractivity (Wildman–Crippen MR) is 95.2 cm³/mol. The molecule has 7 nitrogen and oxygen atoms in total. The minimum absolute atomic E-state index is 0.000382. The van der Waals surface area contributed by atoms with Gasteiger partial charge in [-0.1, -0.05) is 0 Å². The van der Waals surface area contributed by atoms with Crippen LogP contribution in [-0.2, 0) is 10.0 Å². The maximum atomic E-state index is 12.5. The SMILES string of the molecule is Cc1ccc(C(O)CNC(=O)c2ccc(S(=O)(=O)N3CCCC3)cc2)o1. The lowest BCUT2D eigenvalue weighted by atomic mass is 10.2. The van der Waals surface area contributed by atoms with E-state index in [1.54, 1.807) is 19.1 Å². The molecule has 2 heterocycles. The second kappa shape index (κ2) is 7.61. The number of benzene rings is 1. The molecule has 0 saturated carbocycles. The van der Waals surface area contributed by atoms with Gasteiger partial charge in [0.25, 0.3) is 5.91 Å². The van der Waals surface area contributed by atoms with E-state index in [1.807, 2.05) is 0 Å². The zero-order valence-corrected chi connectivity index (χ0v) is 15.3. The van der Waals surface area contributed by atoms with Crippen LogP contribution in [0.15, 0.2) is 45.7 Å². The van der Waals surface area contributed by atoms with Crippen LogP contribution in [0.1, 0.15) is 40.8 Å². The average Bonchev–Trinajstić information content (AvgIpc) is 3.31. The summed E-state index contributed by atoms with van der Waals surface area (Å²) in [5, 5.41) is 12.6. The van der Waals surface area contributed by atoms with Gasteiger partial charge in [-0.25, -0.2) is 8.42 Å². The van der Waals surface area contributed by atoms with Crippen LogP contribution in [-0.4, -0.2) is 43.4 Å². The van der Waals surface area contributed by atoms with Gasteiger partial charge >= 0.3 is 0 Å². The van der Waals surface area contributed by atoms with E-state index in [-0.39, 0.29) is 11.4 Å². The molecule has 0 spiro atoms. The lowest BCUT2D eigenvalue weighted by molar-refractivity contribution is 0.0900. The number of furan rings is 1. The van der Waals surface area contributed by atoms with Gasteiger partial charge in [-0.05, 0) is 56.2 Å². The molecule has 1 aromatic carbocycles. The first-order chi connectivity index (χ1) is 12.4. The summed E-state index contributed by atoms with van der Waals surface area (Å²) in [5.41, 5.74) is 0.327. The van der Waals surface area contributed by atoms with E-state index in [9.17, 15) is 18.3 Å². The Bertz CT molecular complexity index is 867. The van der Waals surface area contributed by atoms with E-state index in [2.05, 4.69) is 5.32 Å². The minimum Gasteiger partial charge on any atom is -0.464 e. The van der Waals surface area contributed by atoms with Crippen molar-refractivity contribution < 1.29 is 22.7 Å². The normalized spacial score (nSPS) is 16.5. The van der Waals surface area contributed by atoms with Gasteiger partial charge in [-0.15, -0.1) is 0 Å². The van der Waals surface area contributed by atoms with Crippen molar-refractivity contribution in [2.24, 2.45) is 0 Å². The fourth-order valence-corrected chi connectivity index (χ4v) is 4.40. The Balaban J connectivity index is 1.62. The number of rotatable bonds is 6. The second-order valence-corrected chi connectivity index (χ2v) is 8.25. The van der Waals surface area contributed by atoms with Crippen molar-refractivity contribution in [2.75, 3.05) is 19.6 Å². The molecule has 1 atom stereocenters. The van der Waals surface area contributed by atoms with Crippen LogP contribution in [0.2, 0.25) is 0 Å². The molecule has 1 aliphatic rings. The van der Waals surface area contributed by atoms with E-state index < -0.39 is 22.0 Å². The topological polar surface area (TPSA) is 99.8 Å². The molecular weight excluding hydrogens is 356 g/mol. The van der Waals surface area contributed by atoms with Gasteiger partial charge in [0.1, 0.15) is 17.6 Å². The third-order valence-electron chi connectivity index (χ3n) is 4.36. The highest BCUT2D eigenvalue weighted by Crippen LogP contribution is 2.21. The molecule has 1 unspecified atom stereocenters. The molecule has 1 saturated heterocycles. The molecule has 26 heavy (non-hydrogen) atoms. The Hall–Kier alpha value is -2.16. The number of aliphatic hydroxyl groups excluding tert-OH is 1. The molecular formula is C18H22N2O5S. The largest absolute Gasteiger partial charge is 0.464 e. The van der Waals surface area contributed by atoms with Gasteiger partial charge in [0, 0.05) is 18.7 Å². The number of carbonyl (C=O) groups is 1. The van der Waals surface area contributed by atoms with E-state index in [4.69, 9.17) is 4.42 Å². The van der Waals surface area contributed by atoms with Crippen LogP contribution in [0.5, 0.6) is 0 Å². The van der Waals surface area contributed by atoms with Crippen molar-refractivity contribution >= 4 is 15.9 Å². The van der Waals surface area contributed by atoms with Gasteiger partial charge in [-0.2, -0.15) is 4.31 Å². The summed E-state index contributed by atoms with van der Waals surface area (Å²) in [4.78, 5) is 12.4. The maximum absolute atomic E-state index is 12.5. The van der Waals surface area contributed by atoms with Crippen molar-refractivity contribution in [3.63, 3.8) is 0 Å². The predicted octanol–water partition coefficient (Wildman–Crippen LogP) is 1.84. The number of nitrogens with one attached hydrogen (secondary N) is 1. The fraction of sp³-hybridized carbons (Fsp3) is 0.389. The van der Waals surface area contributed by atoms with E-state index >= 15 is 0 Å². The lowest BCUT2D eigenvalue weighted by Crippen LogP contribution is -2.29. The number of nitrogens with zero attached hydrogens (tertiary/aromatic N) is 1. The number of aliphatic hydroxyl groups is 1. The third kappa shape index (κ3) is 3.98. The van der Waals surface area contributed by atoms with E-state index in [1.165, 1.54) is 28.6 Å². The number of amides is 1. The van der Waals surface area contributed by atoms with Crippen molar-refractivity contribution in [1.29, 1.82) is 0 Å². The van der Waals surface area contributed by atoms with Crippen molar-refractivity contribution in [2.45, 2.75) is 30.8 Å². The van der Waals surface area contributed by atoms with Gasteiger partial charge in [0.2, 0.25) is 10.0 Å². The Labute approximate surface area is 152 Å². The number of hydrogen-bond donors (Lipinski definition) is 2. The summed E-state index contributed by atoms with van der Waals surface area (Å²) < 4.78 is 31.7. The lowest BCUT2D eigenvalue weighted by Gasteiger charge is -2.15. The quantitative estimate of drug-likeness (QED) is 0.799. The summed E-state index contributed by atoms with van der Waals surface area (Å²) in [6.45, 7) is 2.84. The smallest absolute Gasteiger partial charge is 0.251 e. The highest BCUT2D eigenvalue weighted by Gasteiger charge is 2.27. The number of carbonyl (C=O) groups excluding carboxylic acids is 1. The standard InChI is InChI=1S/C18H22N2O5S/c1-13-4-9-17(25-13)16(21)12-19-18(22)14-5-7-15(8-6-14)26(23,24)20-10-2-3-11-20/h4-9,16,21H,2-3,10-12H2,1H3,(H,19,22). The van der Waals surface area contributed by atoms with E-state index in [0.29, 0.717) is 30.2 Å². The zero-order valence-electron chi connectivity index (χ0n) is 14.5. The molecule has 1 aromatic heterocycles. The molecule has 1 fully saturated rings. The molecule has 0 radical (unpaired) electrons. The highest BCUT2D eigenvalue weighted by atomic mass is 32.2. The summed E-state index contributed by atoms with van der Waals surface area (Å²) in [6, 6.07) is 9.22. The van der Waals surface area contributed by atoms with Crippen LogP contribution in [0.3, 0.4) is 0 Å². The summed E-state index contributed by atoms with van der Waals surface area (Å²) in [5.74, 6) is 0.674. The Morgan fingerprint density at radius 3 is 2.42 bits per heavy atom. The van der Waals surface area contributed by atoms with Crippen LogP contribution >= 0.6 is 0 Å². The third-order valence-corrected chi connectivity index (χ3v) is 6.28. The summed E-state index contributed by atoms with van der Waals surface area (Å²) >= 11 is 0. The molecule has 2 aromatic rings. The van der Waals surface area contributed by atoms with Gasteiger partial charge < -0.3 is 14.8 Å². The van der Waals surface area contributed by atoms with Crippen molar-refractivity contribution in [1.82, 2.24) is 9.62 Å². The minimum atomic E-state index is -3.49. The number of sulfonamides is 1. The highest BCUT2D eigenvalue weighted by molar-refractivity contribution is 7.89. The summed E-state index contributed by atoms with van der Waals surface area (Å²) in [6.07, 6.45) is 0.802. The van der Waals surface area contributed by atoms with Crippen LogP contribution in [0, 0.1) is 6.92 Å². The van der Waals surface area contributed by atoms with Gasteiger partial charge in [0.15, 0.2) is 0 Å². The van der Waals surface area contributed by atoms with E-state index in [0.717, 1.165) is 12.8 Å². The molecule has 140 valence electrons. The molecule has 1 amide bonds. The molecule has 0 bridgehead atoms. The van der Waals surface area contributed by atoms with Gasteiger partial charge in [-0.3, -0.25) is 4.79 Å². The van der Waals surface area contributed by atoms with Crippen molar-refractivity contribution in [3.05, 3.63) is 53.5 Å². The summed E-state index contributed by atoms with van der Waals surface area (Å²) in [7, 11) is -3.49. The molecule has 2 N–H and O–H groups in total. The molecule has 1 aliphatic heterocycles. The van der Waals surface area contributed by atoms with Gasteiger partial charge in [0.05, 0.1) is 11.4 Å². The maximum Gasteiger partial charge on any atom is 0.251 e. The number of aryl methyl sites for hydroxylation is 1. The first-order valence-corrected chi connectivity index (χ1v) is 9.95. The Morgan fingerprint density at radius 2 is 1.85 bits per heavy atom. The molecule has 8 heteroatoms. The zero-order chi connectivity index (χ0) is 18.7. The van der Waals surface area contributed by atoms with Crippen LogP contribution < -0.4 is 5.32 Å². The average molecular weight is 378 g/mol. The van der Waals surface area contributed by atoms with Crippen molar-refractivity contribution in [3.8, 4) is 0 Å². The Morgan fingerprint density at radius 1 is 1.19 bits per heavy atom. The van der Waals surface area contributed by atoms with Crippen LogP contribution in [0.4, 0.5) is 0 Å². The first-order valence-electron chi connectivity index (χ1n) is 8.51. The van der Waals surface area contributed by atoms with Crippen LogP contribution in [0.25, 0.3) is 0 Å². The molecule has 0 aliphatic carbocycles. The first kappa shape index (κ1) is 18.6.